The highest BCUT2D eigenvalue weighted by atomic mass is 16.5. The van der Waals surface area contributed by atoms with Crippen LogP contribution in [-0.2, 0) is 0 Å². The highest BCUT2D eigenvalue weighted by Crippen LogP contribution is 2.39. The molecule has 17 heavy (non-hydrogen) atoms. The van der Waals surface area contributed by atoms with Crippen molar-refractivity contribution in [3.63, 3.8) is 0 Å². The van der Waals surface area contributed by atoms with Crippen LogP contribution in [0.3, 0.4) is 0 Å². The fourth-order valence-corrected chi connectivity index (χ4v) is 1.85. The zero-order valence-electron chi connectivity index (χ0n) is 9.83. The van der Waals surface area contributed by atoms with Gasteiger partial charge in [-0.3, -0.25) is 0 Å². The SMILES string of the molecule is COc1cc2nc(=O)[nH]c(C)c2c(N)c1OC. The molecule has 0 aliphatic rings. The number of anilines is 1. The summed E-state index contributed by atoms with van der Waals surface area (Å²) in [4.78, 5) is 17.7. The number of fused-ring (bicyclic) bond motifs is 1. The Morgan fingerprint density at radius 3 is 2.65 bits per heavy atom. The highest BCUT2D eigenvalue weighted by Gasteiger charge is 2.15. The van der Waals surface area contributed by atoms with Crippen LogP contribution < -0.4 is 20.9 Å². The average molecular weight is 235 g/mol. The number of aromatic nitrogens is 2. The van der Waals surface area contributed by atoms with Gasteiger partial charge in [0.25, 0.3) is 0 Å². The van der Waals surface area contributed by atoms with Gasteiger partial charge in [0.2, 0.25) is 0 Å². The monoisotopic (exact) mass is 235 g/mol. The molecule has 2 rings (SSSR count). The number of benzene rings is 1. The summed E-state index contributed by atoms with van der Waals surface area (Å²) in [6.45, 7) is 1.76. The van der Waals surface area contributed by atoms with E-state index in [1.807, 2.05) is 0 Å². The van der Waals surface area contributed by atoms with Crippen LogP contribution in [0.2, 0.25) is 0 Å². The molecule has 1 aromatic heterocycles. The van der Waals surface area contributed by atoms with E-state index in [2.05, 4.69) is 9.97 Å². The first-order chi connectivity index (χ1) is 8.08. The third kappa shape index (κ3) is 1.67. The summed E-state index contributed by atoms with van der Waals surface area (Å²) in [6.07, 6.45) is 0. The van der Waals surface area contributed by atoms with E-state index in [-0.39, 0.29) is 0 Å². The van der Waals surface area contributed by atoms with E-state index in [0.29, 0.717) is 33.8 Å². The lowest BCUT2D eigenvalue weighted by atomic mass is 10.1. The van der Waals surface area contributed by atoms with Gasteiger partial charge >= 0.3 is 5.69 Å². The van der Waals surface area contributed by atoms with Crippen molar-refractivity contribution in [2.45, 2.75) is 6.92 Å². The first kappa shape index (κ1) is 11.3. The van der Waals surface area contributed by atoms with Gasteiger partial charge in [-0.15, -0.1) is 0 Å². The van der Waals surface area contributed by atoms with Gasteiger partial charge in [0.15, 0.2) is 11.5 Å². The Balaban J connectivity index is 2.95. The lowest BCUT2D eigenvalue weighted by molar-refractivity contribution is 0.357. The molecule has 2 aromatic rings. The number of nitrogen functional groups attached to an aromatic ring is 1. The molecule has 1 heterocycles. The zero-order chi connectivity index (χ0) is 12.6. The molecule has 90 valence electrons. The van der Waals surface area contributed by atoms with E-state index >= 15 is 0 Å². The highest BCUT2D eigenvalue weighted by molar-refractivity contribution is 5.97. The van der Waals surface area contributed by atoms with Crippen molar-refractivity contribution in [1.29, 1.82) is 0 Å². The maximum absolute atomic E-state index is 11.3. The zero-order valence-corrected chi connectivity index (χ0v) is 9.83. The van der Waals surface area contributed by atoms with Crippen molar-refractivity contribution in [2.24, 2.45) is 0 Å². The summed E-state index contributed by atoms with van der Waals surface area (Å²) >= 11 is 0. The summed E-state index contributed by atoms with van der Waals surface area (Å²) in [7, 11) is 3.01. The average Bonchev–Trinajstić information content (AvgIpc) is 2.27. The Labute approximate surface area is 97.4 Å². The number of H-pyrrole nitrogens is 1. The topological polar surface area (TPSA) is 90.2 Å². The molecule has 0 unspecified atom stereocenters. The van der Waals surface area contributed by atoms with Gasteiger partial charge in [-0.2, -0.15) is 4.98 Å². The molecule has 6 nitrogen and oxygen atoms in total. The fourth-order valence-electron chi connectivity index (χ4n) is 1.85. The summed E-state index contributed by atoms with van der Waals surface area (Å²) in [5.74, 6) is 0.895. The van der Waals surface area contributed by atoms with Crippen LogP contribution in [0.1, 0.15) is 5.69 Å². The van der Waals surface area contributed by atoms with Gasteiger partial charge in [-0.25, -0.2) is 4.79 Å². The van der Waals surface area contributed by atoms with Crippen molar-refractivity contribution in [3.8, 4) is 11.5 Å². The number of nitrogens with two attached hydrogens (primary N) is 1. The van der Waals surface area contributed by atoms with Crippen LogP contribution in [0.15, 0.2) is 10.9 Å². The number of ether oxygens (including phenoxy) is 2. The molecule has 0 atom stereocenters. The number of methoxy groups -OCH3 is 2. The molecule has 6 heteroatoms. The molecular formula is C11H13N3O3. The van der Waals surface area contributed by atoms with E-state index < -0.39 is 5.69 Å². The number of hydrogen-bond acceptors (Lipinski definition) is 5. The third-order valence-electron chi connectivity index (χ3n) is 2.58. The first-order valence-electron chi connectivity index (χ1n) is 4.99. The normalized spacial score (nSPS) is 10.5. The molecule has 0 aliphatic carbocycles. The van der Waals surface area contributed by atoms with Crippen molar-refractivity contribution >= 4 is 16.6 Å². The minimum atomic E-state index is -0.415. The van der Waals surface area contributed by atoms with Gasteiger partial charge < -0.3 is 20.2 Å². The number of nitrogens with zero attached hydrogens (tertiary/aromatic N) is 1. The minimum Gasteiger partial charge on any atom is -0.493 e. The van der Waals surface area contributed by atoms with Crippen molar-refractivity contribution in [1.82, 2.24) is 9.97 Å². The van der Waals surface area contributed by atoms with Gasteiger partial charge in [0.05, 0.1) is 25.4 Å². The van der Waals surface area contributed by atoms with E-state index in [0.717, 1.165) is 0 Å². The second kappa shape index (κ2) is 3.97. The molecule has 0 amide bonds. The quantitative estimate of drug-likeness (QED) is 0.752. The Hall–Kier alpha value is -2.24. The Morgan fingerprint density at radius 1 is 1.35 bits per heavy atom. The van der Waals surface area contributed by atoms with Crippen molar-refractivity contribution in [3.05, 3.63) is 22.2 Å². The summed E-state index contributed by atoms with van der Waals surface area (Å²) in [6, 6.07) is 1.63. The van der Waals surface area contributed by atoms with Gasteiger partial charge in [0.1, 0.15) is 0 Å². The number of rotatable bonds is 2. The number of aromatic amines is 1. The fraction of sp³-hybridized carbons (Fsp3) is 0.273. The smallest absolute Gasteiger partial charge is 0.345 e. The minimum absolute atomic E-state index is 0.406. The molecule has 0 bridgehead atoms. The van der Waals surface area contributed by atoms with Crippen molar-refractivity contribution < 1.29 is 9.47 Å². The van der Waals surface area contributed by atoms with Gasteiger partial charge in [-0.05, 0) is 6.92 Å². The molecule has 3 N–H and O–H groups in total. The predicted octanol–water partition coefficient (Wildman–Crippen LogP) is 0.831. The second-order valence-electron chi connectivity index (χ2n) is 3.59. The molecule has 0 fully saturated rings. The molecule has 1 aromatic carbocycles. The molecule has 0 spiro atoms. The van der Waals surface area contributed by atoms with Crippen LogP contribution in [0.4, 0.5) is 5.69 Å². The second-order valence-corrected chi connectivity index (χ2v) is 3.59. The standard InChI is InChI=1S/C11H13N3O3/c1-5-8-6(14-11(15)13-5)4-7(16-2)10(17-3)9(8)12/h4H,12H2,1-3H3,(H,13,14,15). The molecular weight excluding hydrogens is 222 g/mol. The lowest BCUT2D eigenvalue weighted by Crippen LogP contribution is -2.12. The van der Waals surface area contributed by atoms with E-state index in [1.165, 1.54) is 14.2 Å². The van der Waals surface area contributed by atoms with Gasteiger partial charge in [0, 0.05) is 17.1 Å². The van der Waals surface area contributed by atoms with Crippen LogP contribution in [-0.4, -0.2) is 24.2 Å². The van der Waals surface area contributed by atoms with Crippen molar-refractivity contribution in [2.75, 3.05) is 20.0 Å². The molecule has 0 saturated carbocycles. The van der Waals surface area contributed by atoms with E-state index in [1.54, 1.807) is 13.0 Å². The molecule has 0 saturated heterocycles. The maximum Gasteiger partial charge on any atom is 0.345 e. The lowest BCUT2D eigenvalue weighted by Gasteiger charge is -2.13. The van der Waals surface area contributed by atoms with Crippen LogP contribution in [0.5, 0.6) is 11.5 Å². The third-order valence-corrected chi connectivity index (χ3v) is 2.58. The van der Waals surface area contributed by atoms with Crippen LogP contribution in [0.25, 0.3) is 10.9 Å². The largest absolute Gasteiger partial charge is 0.493 e. The van der Waals surface area contributed by atoms with Crippen LogP contribution in [0, 0.1) is 6.92 Å². The Bertz CT molecular complexity index is 634. The molecule has 0 aliphatic heterocycles. The predicted molar refractivity (Wildman–Crippen MR) is 64.6 cm³/mol. The summed E-state index contributed by atoms with van der Waals surface area (Å²) in [5.41, 5.74) is 7.12. The van der Waals surface area contributed by atoms with Gasteiger partial charge in [-0.1, -0.05) is 0 Å². The Kier molecular flexibility index (Phi) is 2.63. The molecule has 0 radical (unpaired) electrons. The first-order valence-corrected chi connectivity index (χ1v) is 4.99. The number of nitrogens with one attached hydrogen (secondary N) is 1. The van der Waals surface area contributed by atoms with E-state index in [9.17, 15) is 4.79 Å². The van der Waals surface area contributed by atoms with E-state index in [4.69, 9.17) is 15.2 Å². The summed E-state index contributed by atoms with van der Waals surface area (Å²) < 4.78 is 10.3. The number of aryl methyl sites for hydroxylation is 1. The number of hydrogen-bond donors (Lipinski definition) is 2. The van der Waals surface area contributed by atoms with Crippen LogP contribution >= 0.6 is 0 Å². The Morgan fingerprint density at radius 2 is 2.06 bits per heavy atom. The summed E-state index contributed by atoms with van der Waals surface area (Å²) in [5, 5.41) is 0.669. The maximum atomic E-state index is 11.3.